The standard InChI is InChI=1S/C15H12ClN3O/c1-10-5-6-14-11(7-10)9-17-19(14)15(20)18-13-4-2-3-12(16)8-13/h2-9H,1H3,(H,18,20). The Balaban J connectivity index is 1.93. The van der Waals surface area contributed by atoms with Gasteiger partial charge in [-0.25, -0.2) is 4.79 Å². The molecule has 0 radical (unpaired) electrons. The molecular formula is C15H12ClN3O. The predicted molar refractivity (Wildman–Crippen MR) is 80.3 cm³/mol. The zero-order valence-electron chi connectivity index (χ0n) is 10.8. The molecule has 4 nitrogen and oxygen atoms in total. The number of fused-ring (bicyclic) bond motifs is 1. The quantitative estimate of drug-likeness (QED) is 0.732. The lowest BCUT2D eigenvalue weighted by molar-refractivity contribution is 0.252. The summed E-state index contributed by atoms with van der Waals surface area (Å²) in [5.41, 5.74) is 2.54. The minimum atomic E-state index is -0.314. The van der Waals surface area contributed by atoms with Gasteiger partial charge in [-0.05, 0) is 37.3 Å². The summed E-state index contributed by atoms with van der Waals surface area (Å²) in [4.78, 5) is 12.2. The molecule has 0 spiro atoms. The minimum absolute atomic E-state index is 0.314. The Bertz CT molecular complexity index is 795. The van der Waals surface area contributed by atoms with Gasteiger partial charge in [0, 0.05) is 16.1 Å². The molecule has 0 unspecified atom stereocenters. The average molecular weight is 286 g/mol. The second kappa shape index (κ2) is 4.98. The normalized spacial score (nSPS) is 10.7. The lowest BCUT2D eigenvalue weighted by Gasteiger charge is -2.06. The van der Waals surface area contributed by atoms with Gasteiger partial charge in [0.15, 0.2) is 0 Å². The molecule has 5 heteroatoms. The maximum absolute atomic E-state index is 12.2. The molecule has 0 bridgehead atoms. The van der Waals surface area contributed by atoms with Crippen LogP contribution in [0, 0.1) is 6.92 Å². The highest BCUT2D eigenvalue weighted by Gasteiger charge is 2.10. The van der Waals surface area contributed by atoms with Crippen molar-refractivity contribution in [2.45, 2.75) is 6.92 Å². The molecule has 2 aromatic carbocycles. The Morgan fingerprint density at radius 2 is 2.10 bits per heavy atom. The Hall–Kier alpha value is -2.33. The molecule has 0 aliphatic rings. The van der Waals surface area contributed by atoms with Crippen LogP contribution in [-0.4, -0.2) is 15.8 Å². The number of benzene rings is 2. The largest absolute Gasteiger partial charge is 0.347 e. The molecule has 0 saturated heterocycles. The molecule has 1 heterocycles. The third kappa shape index (κ3) is 2.38. The number of aromatic nitrogens is 2. The van der Waals surface area contributed by atoms with Crippen LogP contribution in [0.2, 0.25) is 5.02 Å². The Kier molecular flexibility index (Phi) is 3.16. The van der Waals surface area contributed by atoms with Crippen LogP contribution in [0.4, 0.5) is 10.5 Å². The highest BCUT2D eigenvalue weighted by molar-refractivity contribution is 6.30. The molecular weight excluding hydrogens is 274 g/mol. The third-order valence-electron chi connectivity index (χ3n) is 2.99. The fourth-order valence-corrected chi connectivity index (χ4v) is 2.25. The Labute approximate surface area is 121 Å². The Morgan fingerprint density at radius 1 is 1.25 bits per heavy atom. The van der Waals surface area contributed by atoms with E-state index < -0.39 is 0 Å². The number of carbonyl (C=O) groups excluding carboxylic acids is 1. The number of nitrogens with one attached hydrogen (secondary N) is 1. The van der Waals surface area contributed by atoms with Gasteiger partial charge in [0.1, 0.15) is 0 Å². The number of halogens is 1. The number of nitrogens with zero attached hydrogens (tertiary/aromatic N) is 2. The highest BCUT2D eigenvalue weighted by atomic mass is 35.5. The van der Waals surface area contributed by atoms with E-state index in [2.05, 4.69) is 10.4 Å². The maximum atomic E-state index is 12.2. The van der Waals surface area contributed by atoms with Crippen LogP contribution < -0.4 is 5.32 Å². The van der Waals surface area contributed by atoms with E-state index in [0.29, 0.717) is 10.7 Å². The summed E-state index contributed by atoms with van der Waals surface area (Å²) < 4.78 is 1.34. The lowest BCUT2D eigenvalue weighted by atomic mass is 10.2. The van der Waals surface area contributed by atoms with E-state index >= 15 is 0 Å². The van der Waals surface area contributed by atoms with E-state index in [0.717, 1.165) is 16.5 Å². The molecule has 1 aromatic heterocycles. The fraction of sp³-hybridized carbons (Fsp3) is 0.0667. The summed E-state index contributed by atoms with van der Waals surface area (Å²) in [7, 11) is 0. The zero-order valence-corrected chi connectivity index (χ0v) is 11.6. The lowest BCUT2D eigenvalue weighted by Crippen LogP contribution is -2.20. The molecule has 0 aliphatic carbocycles. The molecule has 100 valence electrons. The summed E-state index contributed by atoms with van der Waals surface area (Å²) in [6, 6.07) is 12.5. The van der Waals surface area contributed by atoms with Gasteiger partial charge in [0.2, 0.25) is 0 Å². The van der Waals surface area contributed by atoms with E-state index in [1.165, 1.54) is 4.68 Å². The third-order valence-corrected chi connectivity index (χ3v) is 3.23. The van der Waals surface area contributed by atoms with Crippen LogP contribution in [0.25, 0.3) is 10.9 Å². The van der Waals surface area contributed by atoms with Gasteiger partial charge in [0.05, 0.1) is 11.7 Å². The van der Waals surface area contributed by atoms with Crippen LogP contribution in [0.5, 0.6) is 0 Å². The topological polar surface area (TPSA) is 46.9 Å². The van der Waals surface area contributed by atoms with Crippen molar-refractivity contribution in [3.63, 3.8) is 0 Å². The first-order valence-electron chi connectivity index (χ1n) is 6.15. The van der Waals surface area contributed by atoms with Gasteiger partial charge in [0.25, 0.3) is 0 Å². The molecule has 0 atom stereocenters. The van der Waals surface area contributed by atoms with Gasteiger partial charge < -0.3 is 5.32 Å². The molecule has 1 amide bonds. The van der Waals surface area contributed by atoms with Gasteiger partial charge in [-0.1, -0.05) is 29.3 Å². The van der Waals surface area contributed by atoms with Crippen molar-refractivity contribution in [1.29, 1.82) is 0 Å². The number of hydrogen-bond donors (Lipinski definition) is 1. The second-order valence-electron chi connectivity index (χ2n) is 4.56. The van der Waals surface area contributed by atoms with Gasteiger partial charge in [-0.3, -0.25) is 0 Å². The molecule has 20 heavy (non-hydrogen) atoms. The van der Waals surface area contributed by atoms with Crippen molar-refractivity contribution in [3.8, 4) is 0 Å². The van der Waals surface area contributed by atoms with Crippen LogP contribution in [0.15, 0.2) is 48.7 Å². The van der Waals surface area contributed by atoms with Gasteiger partial charge in [-0.2, -0.15) is 9.78 Å². The summed E-state index contributed by atoms with van der Waals surface area (Å²) in [6.45, 7) is 2.00. The highest BCUT2D eigenvalue weighted by Crippen LogP contribution is 2.18. The number of aryl methyl sites for hydroxylation is 1. The van der Waals surface area contributed by atoms with E-state index in [4.69, 9.17) is 11.6 Å². The summed E-state index contributed by atoms with van der Waals surface area (Å²) in [5.74, 6) is 0. The summed E-state index contributed by atoms with van der Waals surface area (Å²) in [6.07, 6.45) is 1.68. The first-order chi connectivity index (χ1) is 9.63. The number of hydrogen-bond acceptors (Lipinski definition) is 2. The van der Waals surface area contributed by atoms with E-state index in [1.54, 1.807) is 30.5 Å². The van der Waals surface area contributed by atoms with Gasteiger partial charge in [-0.15, -0.1) is 0 Å². The first kappa shape index (κ1) is 12.7. The molecule has 1 N–H and O–H groups in total. The molecule has 0 saturated carbocycles. The number of carbonyl (C=O) groups is 1. The van der Waals surface area contributed by atoms with Crippen LogP contribution in [-0.2, 0) is 0 Å². The van der Waals surface area contributed by atoms with E-state index in [1.807, 2.05) is 25.1 Å². The molecule has 3 aromatic rings. The van der Waals surface area contributed by atoms with Crippen molar-refractivity contribution in [2.24, 2.45) is 0 Å². The van der Waals surface area contributed by atoms with Crippen LogP contribution in [0.1, 0.15) is 5.56 Å². The molecule has 0 aliphatic heterocycles. The van der Waals surface area contributed by atoms with E-state index in [-0.39, 0.29) is 6.03 Å². The van der Waals surface area contributed by atoms with Crippen molar-refractivity contribution >= 4 is 34.2 Å². The van der Waals surface area contributed by atoms with Crippen molar-refractivity contribution in [1.82, 2.24) is 9.78 Å². The maximum Gasteiger partial charge on any atom is 0.347 e. The van der Waals surface area contributed by atoms with Crippen molar-refractivity contribution in [3.05, 3.63) is 59.2 Å². The van der Waals surface area contributed by atoms with Crippen LogP contribution >= 0.6 is 11.6 Å². The van der Waals surface area contributed by atoms with Crippen LogP contribution in [0.3, 0.4) is 0 Å². The minimum Gasteiger partial charge on any atom is -0.306 e. The Morgan fingerprint density at radius 3 is 2.90 bits per heavy atom. The first-order valence-corrected chi connectivity index (χ1v) is 6.52. The zero-order chi connectivity index (χ0) is 14.1. The number of rotatable bonds is 1. The number of amides is 1. The second-order valence-corrected chi connectivity index (χ2v) is 5.00. The summed E-state index contributed by atoms with van der Waals surface area (Å²) >= 11 is 5.89. The SMILES string of the molecule is Cc1ccc2c(cnn2C(=O)Nc2cccc(Cl)c2)c1. The average Bonchev–Trinajstić information content (AvgIpc) is 2.81. The monoisotopic (exact) mass is 285 g/mol. The smallest absolute Gasteiger partial charge is 0.306 e. The van der Waals surface area contributed by atoms with Crippen molar-refractivity contribution in [2.75, 3.05) is 5.32 Å². The molecule has 0 fully saturated rings. The fourth-order valence-electron chi connectivity index (χ4n) is 2.06. The summed E-state index contributed by atoms with van der Waals surface area (Å²) in [5, 5.41) is 8.40. The van der Waals surface area contributed by atoms with Gasteiger partial charge >= 0.3 is 6.03 Å². The van der Waals surface area contributed by atoms with E-state index in [9.17, 15) is 4.79 Å². The molecule has 3 rings (SSSR count). The van der Waals surface area contributed by atoms with Crippen molar-refractivity contribution < 1.29 is 4.79 Å². The number of anilines is 1. The predicted octanol–water partition coefficient (Wildman–Crippen LogP) is 4.08.